The van der Waals surface area contributed by atoms with Gasteiger partial charge in [-0.05, 0) is 0 Å². The lowest BCUT2D eigenvalue weighted by Gasteiger charge is -1.68. The summed E-state index contributed by atoms with van der Waals surface area (Å²) in [6.07, 6.45) is 0.690. The minimum atomic E-state index is -0.854. The van der Waals surface area contributed by atoms with Crippen molar-refractivity contribution in [1.29, 1.82) is 0 Å². The first kappa shape index (κ1) is 0.735. The van der Waals surface area contributed by atoms with Crippen LogP contribution in [-0.2, 0) is 0 Å². The zero-order valence-corrected chi connectivity index (χ0v) is 2.57. The van der Waals surface area contributed by atoms with Gasteiger partial charge in [0, 0.05) is 5.48 Å². The van der Waals surface area contributed by atoms with Crippen molar-refractivity contribution in [2.45, 2.75) is 26.6 Å². The van der Waals surface area contributed by atoms with Crippen LogP contribution < -0.4 is 0 Å². The Morgan fingerprint density at radius 2 is 2.00 bits per heavy atom. The Bertz CT molecular complexity index is 44.0. The van der Waals surface area contributed by atoms with Crippen LogP contribution in [0.25, 0.3) is 0 Å². The lowest BCUT2D eigenvalue weighted by molar-refractivity contribution is 0.886. The van der Waals surface area contributed by atoms with Gasteiger partial charge in [0.15, 0.2) is 0 Å². The third kappa shape index (κ3) is 2.00. The van der Waals surface area contributed by atoms with Crippen LogP contribution in [0.2, 0.25) is 0 Å². The Labute approximate surface area is 33.5 Å². The predicted octanol–water partition coefficient (Wildman–Crippen LogP) is 1.81. The molecule has 0 N–H and O–H groups in total. The Kier molecular flexibility index (Phi) is 0.551. The van der Waals surface area contributed by atoms with Crippen molar-refractivity contribution in [3.05, 3.63) is 0 Å². The summed E-state index contributed by atoms with van der Waals surface area (Å²) in [5, 5.41) is 0. The number of hydrogen-bond donors (Lipinski definition) is 0. The molecule has 0 saturated carbocycles. The summed E-state index contributed by atoms with van der Waals surface area (Å²) in [7, 11) is 0. The molecule has 4 heavy (non-hydrogen) atoms. The van der Waals surface area contributed by atoms with Gasteiger partial charge in [-0.1, -0.05) is 26.6 Å². The van der Waals surface area contributed by atoms with Crippen LogP contribution in [0.15, 0.2) is 0 Å². The molecule has 0 aliphatic rings. The molecule has 0 spiro atoms. The molecule has 26 valence electrons. The Hall–Kier alpha value is 0. The molecule has 0 bridgehead atoms. The van der Waals surface area contributed by atoms with Gasteiger partial charge in [-0.3, -0.25) is 0 Å². The summed E-state index contributed by atoms with van der Waals surface area (Å²) >= 11 is 0. The third-order valence-electron chi connectivity index (χ3n) is 0.167. The molecule has 0 saturated heterocycles. The van der Waals surface area contributed by atoms with Gasteiger partial charge in [-0.15, -0.1) is 0 Å². The van der Waals surface area contributed by atoms with Gasteiger partial charge in [0.2, 0.25) is 0 Å². The van der Waals surface area contributed by atoms with Crippen molar-refractivity contribution >= 4 is 0 Å². The average molecular weight is 62.1 g/mol. The van der Waals surface area contributed by atoms with E-state index in [2.05, 4.69) is 0 Å². The maximum absolute atomic E-state index is 6.67. The van der Waals surface area contributed by atoms with Crippen molar-refractivity contribution in [3.8, 4) is 0 Å². The van der Waals surface area contributed by atoms with Gasteiger partial charge in [-0.25, -0.2) is 0 Å². The molecule has 0 nitrogen and oxygen atoms in total. The van der Waals surface area contributed by atoms with Crippen molar-refractivity contribution in [1.82, 2.24) is 0 Å². The number of hydrogen-bond acceptors (Lipinski definition) is 0. The highest BCUT2D eigenvalue weighted by Crippen LogP contribution is 1.76. The Balaban J connectivity index is 2.93. The molecule has 0 aromatic rings. The third-order valence-corrected chi connectivity index (χ3v) is 0.167. The summed E-state index contributed by atoms with van der Waals surface area (Å²) in [5.41, 5.74) is 0. The smallest absolute Gasteiger partial charge is 0.0230 e. The van der Waals surface area contributed by atoms with E-state index < -0.39 is 13.8 Å². The molecule has 0 aromatic carbocycles. The molecule has 0 rings (SSSR count). The first-order valence-electron chi connectivity index (χ1n) is 3.63. The van der Waals surface area contributed by atoms with Crippen LogP contribution in [0.3, 0.4) is 0 Å². The van der Waals surface area contributed by atoms with Crippen LogP contribution >= 0.6 is 0 Å². The molecule has 0 aliphatic heterocycles. The fraction of sp³-hybridized carbons (Fsp3) is 1.00. The second-order valence-electron chi connectivity index (χ2n) is 0.577. The molecule has 0 heterocycles. The standard InChI is InChI=1S/C4H10/c1-3-4-2/h3-4H2,1-2H3/i1D2,2D2. The summed E-state index contributed by atoms with van der Waals surface area (Å²) in [5.74, 6) is 0. The van der Waals surface area contributed by atoms with E-state index in [0.29, 0.717) is 12.8 Å². The zero-order chi connectivity index (χ0) is 6.57. The van der Waals surface area contributed by atoms with Crippen molar-refractivity contribution in [2.24, 2.45) is 0 Å². The van der Waals surface area contributed by atoms with Crippen molar-refractivity contribution in [3.63, 3.8) is 0 Å². The molecular formula is C4H10. The highest BCUT2D eigenvalue weighted by molar-refractivity contribution is 4.12. The SMILES string of the molecule is [2H]C([2H])CCC([2H])[2H]. The van der Waals surface area contributed by atoms with Gasteiger partial charge >= 0.3 is 0 Å². The molecule has 0 aromatic heterocycles. The molecule has 0 atom stereocenters. The van der Waals surface area contributed by atoms with Crippen LogP contribution in [0.1, 0.15) is 32.1 Å². The van der Waals surface area contributed by atoms with E-state index in [9.17, 15) is 0 Å². The molecule has 0 amide bonds. The van der Waals surface area contributed by atoms with E-state index >= 15 is 0 Å². The molecule has 0 aliphatic carbocycles. The highest BCUT2D eigenvalue weighted by atomic mass is 13.6. The molecule has 0 radical (unpaired) electrons. The van der Waals surface area contributed by atoms with Gasteiger partial charge in [0.25, 0.3) is 0 Å². The van der Waals surface area contributed by atoms with Crippen LogP contribution in [0, 0.1) is 0 Å². The monoisotopic (exact) mass is 62.1 g/mol. The van der Waals surface area contributed by atoms with Crippen LogP contribution in [0.4, 0.5) is 0 Å². The average Bonchev–Trinajstić information content (AvgIpc) is 1.61. The van der Waals surface area contributed by atoms with Gasteiger partial charge in [0.1, 0.15) is 0 Å². The molecule has 0 fully saturated rings. The second-order valence-corrected chi connectivity index (χ2v) is 0.577. The van der Waals surface area contributed by atoms with E-state index in [1.165, 1.54) is 0 Å². The predicted molar refractivity (Wildman–Crippen MR) is 20.6 cm³/mol. The summed E-state index contributed by atoms with van der Waals surface area (Å²) in [6.45, 7) is -1.71. The number of rotatable bonds is 1. The minimum absolute atomic E-state index is 0.345. The first-order chi connectivity index (χ1) is 3.63. The first-order valence-corrected chi connectivity index (χ1v) is 1.32. The van der Waals surface area contributed by atoms with E-state index in [4.69, 9.17) is 5.48 Å². The Morgan fingerprint density at radius 1 is 1.50 bits per heavy atom. The summed E-state index contributed by atoms with van der Waals surface area (Å²) in [4.78, 5) is 0. The van der Waals surface area contributed by atoms with E-state index in [1.807, 2.05) is 0 Å². The quantitative estimate of drug-likeness (QED) is 0.434. The van der Waals surface area contributed by atoms with E-state index in [0.717, 1.165) is 0 Å². The largest absolute Gasteiger partial charge is 0.0654 e. The van der Waals surface area contributed by atoms with Crippen molar-refractivity contribution in [2.75, 3.05) is 0 Å². The van der Waals surface area contributed by atoms with Gasteiger partial charge < -0.3 is 0 Å². The summed E-state index contributed by atoms with van der Waals surface area (Å²) in [6, 6.07) is 0. The van der Waals surface area contributed by atoms with Crippen LogP contribution in [-0.4, -0.2) is 0 Å². The molecule has 0 heteroatoms. The maximum atomic E-state index is 6.67. The van der Waals surface area contributed by atoms with Crippen LogP contribution in [0.5, 0.6) is 0 Å². The fourth-order valence-corrected chi connectivity index (χ4v) is 0. The minimum Gasteiger partial charge on any atom is -0.0654 e. The lowest BCUT2D eigenvalue weighted by atomic mass is 10.4. The van der Waals surface area contributed by atoms with E-state index in [-0.39, 0.29) is 0 Å². The zero-order valence-electron chi connectivity index (χ0n) is 6.57. The normalized spacial score (nSPS) is 23.5. The molecule has 0 unspecified atom stereocenters. The second kappa shape index (κ2) is 3.00. The summed E-state index contributed by atoms with van der Waals surface area (Å²) < 4.78 is 26.7. The van der Waals surface area contributed by atoms with Gasteiger partial charge in [-0.2, -0.15) is 0 Å². The lowest BCUT2D eigenvalue weighted by Crippen LogP contribution is -1.47. The highest BCUT2D eigenvalue weighted by Gasteiger charge is 1.56. The van der Waals surface area contributed by atoms with Gasteiger partial charge in [0.05, 0.1) is 0 Å². The topological polar surface area (TPSA) is 0 Å². The fourth-order valence-electron chi connectivity index (χ4n) is 0. The maximum Gasteiger partial charge on any atom is 0.0230 e. The molecular weight excluding hydrogens is 48.0 g/mol. The van der Waals surface area contributed by atoms with E-state index in [1.54, 1.807) is 0 Å². The Morgan fingerprint density at radius 3 is 2.25 bits per heavy atom. The van der Waals surface area contributed by atoms with Crippen molar-refractivity contribution < 1.29 is 5.48 Å².